The Morgan fingerprint density at radius 3 is 2.37 bits per heavy atom. The number of halogens is 3. The van der Waals surface area contributed by atoms with E-state index in [4.69, 9.17) is 9.47 Å². The van der Waals surface area contributed by atoms with Crippen molar-refractivity contribution in [3.63, 3.8) is 0 Å². The summed E-state index contributed by atoms with van der Waals surface area (Å²) in [7, 11) is -4.35. The van der Waals surface area contributed by atoms with Crippen LogP contribution in [-0.4, -0.2) is 72.3 Å². The Morgan fingerprint density at radius 1 is 1.10 bits per heavy atom. The first-order valence-electron chi connectivity index (χ1n) is 15.9. The topological polar surface area (TPSA) is 140 Å². The van der Waals surface area contributed by atoms with Crippen LogP contribution in [0, 0.1) is 19.3 Å². The van der Waals surface area contributed by atoms with Crippen molar-refractivity contribution in [1.82, 2.24) is 20.2 Å². The molecular weight excluding hydrogens is 663 g/mol. The van der Waals surface area contributed by atoms with Gasteiger partial charge in [0.2, 0.25) is 11.8 Å². The summed E-state index contributed by atoms with van der Waals surface area (Å²) in [5.41, 5.74) is -0.239. The maximum atomic E-state index is 14.4. The van der Waals surface area contributed by atoms with Crippen molar-refractivity contribution >= 4 is 28.0 Å². The third-order valence-electron chi connectivity index (χ3n) is 8.50. The van der Waals surface area contributed by atoms with Crippen molar-refractivity contribution < 1.29 is 40.7 Å². The first-order chi connectivity index (χ1) is 22.8. The zero-order valence-electron chi connectivity index (χ0n) is 28.1. The number of benzene rings is 2. The number of carbonyl (C=O) groups excluding carboxylic acids is 2. The van der Waals surface area contributed by atoms with E-state index in [2.05, 4.69) is 20.0 Å². The number of nitrogens with one attached hydrogen (secondary N) is 2. The van der Waals surface area contributed by atoms with Gasteiger partial charge in [-0.1, -0.05) is 24.3 Å². The summed E-state index contributed by atoms with van der Waals surface area (Å²) in [5, 5.41) is 2.65. The number of amides is 2. The highest BCUT2D eigenvalue weighted by molar-refractivity contribution is 7.92. The minimum Gasteiger partial charge on any atom is -0.475 e. The van der Waals surface area contributed by atoms with E-state index in [9.17, 15) is 31.2 Å². The molecule has 1 aliphatic heterocycles. The quantitative estimate of drug-likeness (QED) is 0.300. The molecule has 1 fully saturated rings. The number of fused-ring (bicyclic) bond motifs is 4. The predicted octanol–water partition coefficient (Wildman–Crippen LogP) is 6.41. The van der Waals surface area contributed by atoms with E-state index in [0.717, 1.165) is 17.2 Å². The molecular formula is C34H40F3N5O6S. The number of nitrogens with zero attached hydrogens (tertiary/aromatic N) is 3. The lowest BCUT2D eigenvalue weighted by atomic mass is 9.94. The maximum absolute atomic E-state index is 14.4. The van der Waals surface area contributed by atoms with Crippen LogP contribution >= 0.6 is 0 Å². The molecule has 2 heterocycles. The Morgan fingerprint density at radius 2 is 1.76 bits per heavy atom. The van der Waals surface area contributed by atoms with Crippen LogP contribution in [0.5, 0.6) is 5.88 Å². The van der Waals surface area contributed by atoms with Gasteiger partial charge in [0, 0.05) is 29.8 Å². The number of hydrogen-bond donors (Lipinski definition) is 2. The molecule has 0 radical (unpaired) electrons. The zero-order chi connectivity index (χ0) is 35.9. The van der Waals surface area contributed by atoms with E-state index in [0.29, 0.717) is 11.3 Å². The normalized spacial score (nSPS) is 19.2. The van der Waals surface area contributed by atoms with Gasteiger partial charge in [0.1, 0.15) is 12.2 Å². The van der Waals surface area contributed by atoms with Gasteiger partial charge in [0.25, 0.3) is 15.9 Å². The van der Waals surface area contributed by atoms with Crippen molar-refractivity contribution in [2.24, 2.45) is 5.41 Å². The minimum atomic E-state index is -4.54. The fraction of sp³-hybridized carbons (Fsp3) is 0.471. The zero-order valence-corrected chi connectivity index (χ0v) is 29.0. The van der Waals surface area contributed by atoms with E-state index in [1.807, 2.05) is 32.0 Å². The third kappa shape index (κ3) is 8.26. The molecule has 264 valence electrons. The van der Waals surface area contributed by atoms with Crippen LogP contribution in [0.1, 0.15) is 68.4 Å². The van der Waals surface area contributed by atoms with Crippen molar-refractivity contribution in [3.05, 3.63) is 65.2 Å². The SMILES string of the molecule is Cc1cccc(C)c1-c1cc2nc(n1)NS(=O)(=O)c1cccc(c1)C(=O)N(CC(C)NC(=O)OC(C)(C)C)[C@H](CC1(C(F)(F)F)CC1)CO2. The average Bonchev–Trinajstić information content (AvgIpc) is 3.77. The van der Waals surface area contributed by atoms with E-state index < -0.39 is 64.3 Å². The summed E-state index contributed by atoms with van der Waals surface area (Å²) in [5.74, 6) is -1.16. The average molecular weight is 704 g/mol. The Hall–Kier alpha value is -4.40. The summed E-state index contributed by atoms with van der Waals surface area (Å²) in [6.07, 6.45) is -6.04. The Bertz CT molecular complexity index is 1840. The second kappa shape index (κ2) is 13.1. The molecule has 1 saturated carbocycles. The standard InChI is InChI=1S/C34H40F3N5O6S/c1-20-9-7-10-21(2)28(20)26-16-27-40-30(39-26)41-49(45,46)25-12-8-11-23(15-25)29(43)42(18-22(3)38-31(44)48-32(4,5)6)24(19-47-27)17-33(13-14-33)34(35,36)37/h7-12,15-16,22,24H,13-14,17-19H2,1-6H3,(H,38,44)(H,39,40,41)/t22?,24-/m1/s1. The van der Waals surface area contributed by atoms with Gasteiger partial charge in [-0.25, -0.2) is 22.9 Å². The molecule has 2 amide bonds. The van der Waals surface area contributed by atoms with Crippen molar-refractivity contribution in [2.75, 3.05) is 17.9 Å². The summed E-state index contributed by atoms with van der Waals surface area (Å²) in [6.45, 7) is 9.70. The molecule has 1 unspecified atom stereocenters. The number of hydrogen-bond acceptors (Lipinski definition) is 8. The molecule has 15 heteroatoms. The molecule has 5 rings (SSSR count). The Labute approximate surface area is 283 Å². The van der Waals surface area contributed by atoms with Gasteiger partial charge in [-0.3, -0.25) is 4.79 Å². The Balaban J connectivity index is 1.63. The number of sulfonamides is 1. The number of ether oxygens (including phenoxy) is 2. The number of aryl methyl sites for hydroxylation is 2. The highest BCUT2D eigenvalue weighted by Gasteiger charge is 2.64. The largest absolute Gasteiger partial charge is 0.475 e. The van der Waals surface area contributed by atoms with Crippen LogP contribution in [0.15, 0.2) is 53.4 Å². The number of anilines is 1. The number of alkyl carbamates (subject to hydrolysis) is 1. The molecule has 0 spiro atoms. The van der Waals surface area contributed by atoms with E-state index in [-0.39, 0.29) is 41.7 Å². The van der Waals surface area contributed by atoms with Gasteiger partial charge < -0.3 is 19.7 Å². The van der Waals surface area contributed by atoms with Crippen molar-refractivity contribution in [2.45, 2.75) is 89.6 Å². The first-order valence-corrected chi connectivity index (χ1v) is 17.3. The molecule has 1 aromatic heterocycles. The number of rotatable bonds is 6. The van der Waals surface area contributed by atoms with Gasteiger partial charge in [0.05, 0.1) is 22.0 Å². The van der Waals surface area contributed by atoms with Gasteiger partial charge in [0.15, 0.2) is 0 Å². The number of alkyl halides is 3. The smallest absolute Gasteiger partial charge is 0.407 e. The van der Waals surface area contributed by atoms with Crippen LogP contribution in [0.25, 0.3) is 11.3 Å². The fourth-order valence-electron chi connectivity index (χ4n) is 5.93. The lowest BCUT2D eigenvalue weighted by Crippen LogP contribution is -2.52. The highest BCUT2D eigenvalue weighted by atomic mass is 32.2. The summed E-state index contributed by atoms with van der Waals surface area (Å²) >= 11 is 0. The fourth-order valence-corrected chi connectivity index (χ4v) is 6.91. The van der Waals surface area contributed by atoms with Gasteiger partial charge >= 0.3 is 12.3 Å². The van der Waals surface area contributed by atoms with Crippen LogP contribution in [0.4, 0.5) is 23.9 Å². The lowest BCUT2D eigenvalue weighted by molar-refractivity contribution is -0.192. The van der Waals surface area contributed by atoms with Crippen molar-refractivity contribution in [1.29, 1.82) is 0 Å². The summed E-state index contributed by atoms with van der Waals surface area (Å²) < 4.78 is 84.2. The number of aromatic nitrogens is 2. The van der Waals surface area contributed by atoms with E-state index in [1.54, 1.807) is 27.7 Å². The van der Waals surface area contributed by atoms with E-state index in [1.165, 1.54) is 29.2 Å². The van der Waals surface area contributed by atoms with Crippen LogP contribution < -0.4 is 14.8 Å². The summed E-state index contributed by atoms with van der Waals surface area (Å²) in [6, 6.07) is 10.3. The van der Waals surface area contributed by atoms with Gasteiger partial charge in [-0.05, 0) is 90.1 Å². The summed E-state index contributed by atoms with van der Waals surface area (Å²) in [4.78, 5) is 36.5. The second-order valence-corrected chi connectivity index (χ2v) is 15.4. The highest BCUT2D eigenvalue weighted by Crippen LogP contribution is 2.60. The number of carbonyl (C=O) groups is 2. The molecule has 11 nitrogen and oxygen atoms in total. The third-order valence-corrected chi connectivity index (χ3v) is 9.82. The molecule has 49 heavy (non-hydrogen) atoms. The minimum absolute atomic E-state index is 0.0858. The first kappa shape index (κ1) is 35.9. The monoisotopic (exact) mass is 703 g/mol. The molecule has 2 N–H and O–H groups in total. The molecule has 3 aromatic rings. The van der Waals surface area contributed by atoms with Crippen LogP contribution in [0.3, 0.4) is 0 Å². The Kier molecular flexibility index (Phi) is 9.63. The molecule has 2 atom stereocenters. The second-order valence-electron chi connectivity index (χ2n) is 13.8. The molecule has 1 aliphatic carbocycles. The molecule has 0 saturated heterocycles. The molecule has 2 aromatic carbocycles. The van der Waals surface area contributed by atoms with Crippen LogP contribution in [-0.2, 0) is 14.8 Å². The lowest BCUT2D eigenvalue weighted by Gasteiger charge is -2.36. The van der Waals surface area contributed by atoms with Crippen LogP contribution in [0.2, 0.25) is 0 Å². The maximum Gasteiger partial charge on any atom is 0.407 e. The van der Waals surface area contributed by atoms with Gasteiger partial charge in [-0.15, -0.1) is 0 Å². The van der Waals surface area contributed by atoms with E-state index >= 15 is 0 Å². The predicted molar refractivity (Wildman–Crippen MR) is 176 cm³/mol. The van der Waals surface area contributed by atoms with Crippen molar-refractivity contribution in [3.8, 4) is 17.1 Å². The molecule has 4 bridgehead atoms. The molecule has 2 aliphatic rings. The van der Waals surface area contributed by atoms with Gasteiger partial charge in [-0.2, -0.15) is 18.2 Å².